The Balaban J connectivity index is 1.62. The average Bonchev–Trinajstić information content (AvgIpc) is 3.26. The second kappa shape index (κ2) is 10.9. The molecule has 1 aliphatic heterocycles. The maximum Gasteiger partial charge on any atom is 0.251 e. The molecule has 1 aliphatic rings. The maximum atomic E-state index is 12.7. The molecule has 2 aromatic carbocycles. The van der Waals surface area contributed by atoms with E-state index in [1.165, 1.54) is 37.1 Å². The minimum atomic E-state index is -0.105. The molecule has 0 radical (unpaired) electrons. The minimum Gasteiger partial charge on any atom is -0.493 e. The number of carbonyl (C=O) groups excluding carboxylic acids is 1. The summed E-state index contributed by atoms with van der Waals surface area (Å²) in [6, 6.07) is 13.8. The van der Waals surface area contributed by atoms with Gasteiger partial charge in [-0.05, 0) is 30.2 Å². The monoisotopic (exact) mass is 397 g/mol. The fraction of sp³-hybridized carbons (Fsp3) is 0.458. The number of methoxy groups -OCH3 is 1. The zero-order valence-corrected chi connectivity index (χ0v) is 17.6. The number of rotatable bonds is 10. The van der Waals surface area contributed by atoms with Crippen LogP contribution in [0, 0.1) is 0 Å². The Bertz CT molecular complexity index is 800. The van der Waals surface area contributed by atoms with Gasteiger partial charge in [-0.25, -0.2) is 0 Å². The van der Waals surface area contributed by atoms with E-state index < -0.39 is 0 Å². The van der Waals surface area contributed by atoms with E-state index in [9.17, 15) is 4.79 Å². The Kier molecular flexibility index (Phi) is 7.94. The lowest BCUT2D eigenvalue weighted by molar-refractivity contribution is -0.901. The Morgan fingerprint density at radius 2 is 1.83 bits per heavy atom. The van der Waals surface area contributed by atoms with Crippen LogP contribution in [0.1, 0.15) is 54.1 Å². The predicted molar refractivity (Wildman–Crippen MR) is 115 cm³/mol. The van der Waals surface area contributed by atoms with Crippen molar-refractivity contribution < 1.29 is 19.2 Å². The summed E-state index contributed by atoms with van der Waals surface area (Å²) in [7, 11) is 1.60. The number of ether oxygens (including phenoxy) is 2. The molecule has 1 fully saturated rings. The van der Waals surface area contributed by atoms with Gasteiger partial charge in [-0.15, -0.1) is 0 Å². The molecule has 1 amide bonds. The SMILES string of the molecule is CCCCOc1ccc(C(=O)NCc2ccccc2C[NH+]2CCCC2)cc1OC. The standard InChI is InChI=1S/C24H32N2O3/c1-3-4-15-29-22-12-11-19(16-23(22)28-2)24(27)25-17-20-9-5-6-10-21(20)18-26-13-7-8-14-26/h5-6,9-12,16H,3-4,7-8,13-15,17-18H2,1-2H3,(H,25,27)/p+1. The minimum absolute atomic E-state index is 0.105. The molecule has 3 rings (SSSR count). The van der Waals surface area contributed by atoms with Crippen molar-refractivity contribution in [2.75, 3.05) is 26.8 Å². The predicted octanol–water partition coefficient (Wildman–Crippen LogP) is 2.98. The summed E-state index contributed by atoms with van der Waals surface area (Å²) >= 11 is 0. The first-order valence-corrected chi connectivity index (χ1v) is 10.7. The highest BCUT2D eigenvalue weighted by atomic mass is 16.5. The number of benzene rings is 2. The first-order chi connectivity index (χ1) is 14.2. The Hall–Kier alpha value is -2.53. The molecule has 0 atom stereocenters. The van der Waals surface area contributed by atoms with Crippen LogP contribution in [0.25, 0.3) is 0 Å². The van der Waals surface area contributed by atoms with Crippen LogP contribution in [-0.2, 0) is 13.1 Å². The molecule has 1 saturated heterocycles. The van der Waals surface area contributed by atoms with Crippen LogP contribution in [0.5, 0.6) is 11.5 Å². The van der Waals surface area contributed by atoms with Gasteiger partial charge in [0.1, 0.15) is 6.54 Å². The lowest BCUT2D eigenvalue weighted by Crippen LogP contribution is -3.08. The molecule has 0 saturated carbocycles. The third-order valence-electron chi connectivity index (χ3n) is 5.49. The van der Waals surface area contributed by atoms with Crippen LogP contribution in [0.4, 0.5) is 0 Å². The first-order valence-electron chi connectivity index (χ1n) is 10.7. The Morgan fingerprint density at radius 3 is 2.55 bits per heavy atom. The summed E-state index contributed by atoms with van der Waals surface area (Å²) in [5.41, 5.74) is 3.08. The second-order valence-electron chi connectivity index (χ2n) is 7.65. The van der Waals surface area contributed by atoms with Gasteiger partial charge in [0, 0.05) is 30.5 Å². The molecule has 0 aromatic heterocycles. The topological polar surface area (TPSA) is 52.0 Å². The van der Waals surface area contributed by atoms with Crippen molar-refractivity contribution in [3.05, 3.63) is 59.2 Å². The van der Waals surface area contributed by atoms with E-state index >= 15 is 0 Å². The van der Waals surface area contributed by atoms with Crippen LogP contribution in [-0.4, -0.2) is 32.7 Å². The quantitative estimate of drug-likeness (QED) is 0.606. The van der Waals surface area contributed by atoms with Crippen LogP contribution in [0.3, 0.4) is 0 Å². The zero-order valence-electron chi connectivity index (χ0n) is 17.6. The molecule has 2 aromatic rings. The molecule has 0 aliphatic carbocycles. The van der Waals surface area contributed by atoms with Crippen molar-refractivity contribution in [2.45, 2.75) is 45.7 Å². The summed E-state index contributed by atoms with van der Waals surface area (Å²) < 4.78 is 11.2. The van der Waals surface area contributed by atoms with Crippen molar-refractivity contribution in [1.82, 2.24) is 5.32 Å². The lowest BCUT2D eigenvalue weighted by atomic mass is 10.1. The number of quaternary nitrogens is 1. The van der Waals surface area contributed by atoms with E-state index in [1.807, 2.05) is 12.1 Å². The number of unbranched alkanes of at least 4 members (excludes halogenated alkanes) is 1. The molecule has 2 N–H and O–H groups in total. The van der Waals surface area contributed by atoms with E-state index in [0.29, 0.717) is 30.2 Å². The molecule has 1 heterocycles. The fourth-order valence-corrected chi connectivity index (χ4v) is 3.76. The Morgan fingerprint density at radius 1 is 1.07 bits per heavy atom. The van der Waals surface area contributed by atoms with Crippen LogP contribution < -0.4 is 19.7 Å². The van der Waals surface area contributed by atoms with Gasteiger partial charge in [0.25, 0.3) is 5.91 Å². The zero-order chi connectivity index (χ0) is 20.5. The normalized spacial score (nSPS) is 14.0. The fourth-order valence-electron chi connectivity index (χ4n) is 3.76. The van der Waals surface area contributed by atoms with Crippen molar-refractivity contribution in [2.24, 2.45) is 0 Å². The van der Waals surface area contributed by atoms with Crippen molar-refractivity contribution >= 4 is 5.91 Å². The molecule has 5 heteroatoms. The van der Waals surface area contributed by atoms with Gasteiger partial charge in [-0.2, -0.15) is 0 Å². The van der Waals surface area contributed by atoms with E-state index in [2.05, 4.69) is 30.4 Å². The third-order valence-corrected chi connectivity index (χ3v) is 5.49. The van der Waals surface area contributed by atoms with E-state index in [1.54, 1.807) is 24.1 Å². The highest BCUT2D eigenvalue weighted by Crippen LogP contribution is 2.28. The molecule has 29 heavy (non-hydrogen) atoms. The number of likely N-dealkylation sites (tertiary alicyclic amines) is 1. The van der Waals surface area contributed by atoms with Gasteiger partial charge >= 0.3 is 0 Å². The molecule has 156 valence electrons. The van der Waals surface area contributed by atoms with Gasteiger partial charge in [-0.1, -0.05) is 37.6 Å². The Labute approximate surface area is 174 Å². The molecular formula is C24H33N2O3+. The van der Waals surface area contributed by atoms with Crippen LogP contribution in [0.2, 0.25) is 0 Å². The van der Waals surface area contributed by atoms with E-state index in [0.717, 1.165) is 19.4 Å². The molecular weight excluding hydrogens is 364 g/mol. The van der Waals surface area contributed by atoms with Crippen LogP contribution in [0.15, 0.2) is 42.5 Å². The van der Waals surface area contributed by atoms with Crippen molar-refractivity contribution in [3.63, 3.8) is 0 Å². The largest absolute Gasteiger partial charge is 0.493 e. The highest BCUT2D eigenvalue weighted by molar-refractivity contribution is 5.94. The third kappa shape index (κ3) is 5.97. The van der Waals surface area contributed by atoms with Gasteiger partial charge in [0.05, 0.1) is 26.8 Å². The summed E-state index contributed by atoms with van der Waals surface area (Å²) in [6.45, 7) is 6.82. The van der Waals surface area contributed by atoms with Crippen molar-refractivity contribution in [1.29, 1.82) is 0 Å². The molecule has 0 unspecified atom stereocenters. The van der Waals surface area contributed by atoms with E-state index in [-0.39, 0.29) is 5.91 Å². The summed E-state index contributed by atoms with van der Waals surface area (Å²) in [4.78, 5) is 14.3. The van der Waals surface area contributed by atoms with Crippen molar-refractivity contribution in [3.8, 4) is 11.5 Å². The van der Waals surface area contributed by atoms with Gasteiger partial charge in [0.2, 0.25) is 0 Å². The number of carbonyl (C=O) groups is 1. The number of hydrogen-bond donors (Lipinski definition) is 2. The second-order valence-corrected chi connectivity index (χ2v) is 7.65. The maximum absolute atomic E-state index is 12.7. The smallest absolute Gasteiger partial charge is 0.251 e. The molecule has 0 bridgehead atoms. The van der Waals surface area contributed by atoms with Gasteiger partial charge < -0.3 is 19.7 Å². The van der Waals surface area contributed by atoms with Crippen LogP contribution >= 0.6 is 0 Å². The highest BCUT2D eigenvalue weighted by Gasteiger charge is 2.17. The summed E-state index contributed by atoms with van der Waals surface area (Å²) in [5, 5.41) is 3.06. The number of amides is 1. The first kappa shape index (κ1) is 21.2. The summed E-state index contributed by atoms with van der Waals surface area (Å²) in [6.07, 6.45) is 4.69. The summed E-state index contributed by atoms with van der Waals surface area (Å²) in [5.74, 6) is 1.16. The van der Waals surface area contributed by atoms with E-state index in [4.69, 9.17) is 9.47 Å². The number of nitrogens with one attached hydrogen (secondary N) is 2. The average molecular weight is 398 g/mol. The lowest BCUT2D eigenvalue weighted by Gasteiger charge is -2.16. The van der Waals surface area contributed by atoms with Gasteiger partial charge in [-0.3, -0.25) is 4.79 Å². The number of hydrogen-bond acceptors (Lipinski definition) is 3. The molecule has 5 nitrogen and oxygen atoms in total. The van der Waals surface area contributed by atoms with Gasteiger partial charge in [0.15, 0.2) is 11.5 Å². The molecule has 0 spiro atoms.